The molecule has 1 aliphatic heterocycles. The Morgan fingerprint density at radius 2 is 2.00 bits per heavy atom. The zero-order chi connectivity index (χ0) is 17.9. The van der Waals surface area contributed by atoms with Gasteiger partial charge in [0.15, 0.2) is 5.12 Å². The van der Waals surface area contributed by atoms with Crippen molar-refractivity contribution < 1.29 is 19.5 Å². The number of rotatable bonds is 5. The van der Waals surface area contributed by atoms with Crippen LogP contribution in [0.15, 0.2) is 24.3 Å². The molecule has 1 aromatic carbocycles. The summed E-state index contributed by atoms with van der Waals surface area (Å²) < 4.78 is 0. The van der Waals surface area contributed by atoms with Crippen LogP contribution >= 0.6 is 35.1 Å². The molecule has 2 unspecified atom stereocenters. The Balaban J connectivity index is 2.24. The maximum absolute atomic E-state index is 12.8. The van der Waals surface area contributed by atoms with Crippen molar-refractivity contribution in [2.24, 2.45) is 5.92 Å². The summed E-state index contributed by atoms with van der Waals surface area (Å²) in [4.78, 5) is 36.9. The van der Waals surface area contributed by atoms with E-state index in [4.69, 9.17) is 11.6 Å². The molecule has 24 heavy (non-hydrogen) atoms. The zero-order valence-electron chi connectivity index (χ0n) is 13.3. The average Bonchev–Trinajstić information content (AvgIpc) is 2.97. The summed E-state index contributed by atoms with van der Waals surface area (Å²) in [7, 11) is 0. The van der Waals surface area contributed by atoms with Crippen LogP contribution in [0.3, 0.4) is 0 Å². The van der Waals surface area contributed by atoms with Gasteiger partial charge in [0.1, 0.15) is 11.4 Å². The van der Waals surface area contributed by atoms with E-state index in [9.17, 15) is 19.5 Å². The Labute approximate surface area is 154 Å². The molecule has 1 amide bonds. The van der Waals surface area contributed by atoms with Gasteiger partial charge in [-0.25, -0.2) is 4.79 Å². The smallest absolute Gasteiger partial charge is 0.327 e. The number of carbonyl (C=O) groups is 3. The second-order valence-corrected chi connectivity index (χ2v) is 8.29. The molecule has 130 valence electrons. The van der Waals surface area contributed by atoms with Gasteiger partial charge in [-0.15, -0.1) is 11.8 Å². The van der Waals surface area contributed by atoms with Gasteiger partial charge in [-0.2, -0.15) is 0 Å². The number of aliphatic carboxylic acids is 1. The van der Waals surface area contributed by atoms with E-state index in [1.165, 1.54) is 23.6 Å². The number of halogens is 1. The van der Waals surface area contributed by atoms with Crippen molar-refractivity contribution in [3.8, 4) is 0 Å². The maximum Gasteiger partial charge on any atom is 0.327 e. The summed E-state index contributed by atoms with van der Waals surface area (Å²) in [6, 6.07) is 6.19. The topological polar surface area (TPSA) is 74.7 Å². The molecule has 0 aromatic heterocycles. The molecule has 3 atom stereocenters. The summed E-state index contributed by atoms with van der Waals surface area (Å²) in [5.41, 5.74) is 0.841. The third-order valence-electron chi connectivity index (χ3n) is 3.65. The second kappa shape index (κ2) is 8.27. The van der Waals surface area contributed by atoms with Crippen molar-refractivity contribution in [3.05, 3.63) is 34.9 Å². The lowest BCUT2D eigenvalue weighted by Crippen LogP contribution is -2.45. The first kappa shape index (κ1) is 19.1. The molecule has 0 spiro atoms. The van der Waals surface area contributed by atoms with E-state index in [1.807, 2.05) is 0 Å². The first-order valence-corrected chi connectivity index (χ1v) is 9.78. The number of thioether (sulfide) groups is 2. The van der Waals surface area contributed by atoms with Crippen LogP contribution in [0.1, 0.15) is 24.8 Å². The normalized spacial score (nSPS) is 21.5. The van der Waals surface area contributed by atoms with Crippen LogP contribution in [0.25, 0.3) is 0 Å². The van der Waals surface area contributed by atoms with Crippen molar-refractivity contribution in [1.82, 2.24) is 4.90 Å². The average molecular weight is 388 g/mol. The minimum absolute atomic E-state index is 0.0607. The molecule has 8 heteroatoms. The molecule has 5 nitrogen and oxygen atoms in total. The molecule has 0 aliphatic carbocycles. The Morgan fingerprint density at radius 3 is 2.54 bits per heavy atom. The lowest BCUT2D eigenvalue weighted by Gasteiger charge is -2.30. The van der Waals surface area contributed by atoms with E-state index in [0.29, 0.717) is 16.5 Å². The van der Waals surface area contributed by atoms with Crippen LogP contribution in [0, 0.1) is 5.92 Å². The van der Waals surface area contributed by atoms with Crippen LogP contribution < -0.4 is 0 Å². The number of carboxylic acids is 1. The fourth-order valence-electron chi connectivity index (χ4n) is 2.42. The molecule has 1 N–H and O–H groups in total. The molecule has 0 bridgehead atoms. The first-order chi connectivity index (χ1) is 11.3. The van der Waals surface area contributed by atoms with E-state index in [2.05, 4.69) is 0 Å². The number of hydrogen-bond acceptors (Lipinski definition) is 5. The Hall–Kier alpha value is -1.18. The fourth-order valence-corrected chi connectivity index (χ4v) is 4.60. The Bertz CT molecular complexity index is 637. The molecule has 0 radical (unpaired) electrons. The fraction of sp³-hybridized carbons (Fsp3) is 0.438. The molecule has 1 aromatic rings. The van der Waals surface area contributed by atoms with Crippen molar-refractivity contribution >= 4 is 52.1 Å². The molecular formula is C16H18ClNO4S2. The maximum atomic E-state index is 12.8. The van der Waals surface area contributed by atoms with Crippen LogP contribution in [0.2, 0.25) is 5.02 Å². The van der Waals surface area contributed by atoms with Crippen LogP contribution in [0.5, 0.6) is 0 Å². The summed E-state index contributed by atoms with van der Waals surface area (Å²) in [5, 5.41) is 9.62. The minimum Gasteiger partial charge on any atom is -0.480 e. The van der Waals surface area contributed by atoms with Gasteiger partial charge in [0.2, 0.25) is 5.91 Å². The second-order valence-electron chi connectivity index (χ2n) is 5.54. The Morgan fingerprint density at radius 1 is 1.38 bits per heavy atom. The number of amides is 1. The van der Waals surface area contributed by atoms with Gasteiger partial charge in [-0.1, -0.05) is 42.4 Å². The molecule has 1 saturated heterocycles. The van der Waals surface area contributed by atoms with Gasteiger partial charge in [0.05, 0.1) is 0 Å². The van der Waals surface area contributed by atoms with E-state index in [0.717, 1.165) is 17.3 Å². The molecule has 1 heterocycles. The van der Waals surface area contributed by atoms with Crippen molar-refractivity contribution in [2.45, 2.75) is 25.3 Å². The molecule has 0 saturated carbocycles. The highest BCUT2D eigenvalue weighted by atomic mass is 35.5. The highest BCUT2D eigenvalue weighted by Crippen LogP contribution is 2.42. The van der Waals surface area contributed by atoms with Gasteiger partial charge < -0.3 is 10.0 Å². The van der Waals surface area contributed by atoms with Gasteiger partial charge in [-0.3, -0.25) is 9.59 Å². The largest absolute Gasteiger partial charge is 0.480 e. The van der Waals surface area contributed by atoms with Crippen molar-refractivity contribution in [1.29, 1.82) is 0 Å². The molecule has 1 fully saturated rings. The lowest BCUT2D eigenvalue weighted by atomic mass is 10.1. The van der Waals surface area contributed by atoms with Gasteiger partial charge in [-0.05, 0) is 17.7 Å². The summed E-state index contributed by atoms with van der Waals surface area (Å²) in [5.74, 6) is -1.02. The van der Waals surface area contributed by atoms with Crippen LogP contribution in [-0.2, 0) is 14.4 Å². The van der Waals surface area contributed by atoms with Gasteiger partial charge in [0, 0.05) is 29.4 Å². The molecular weight excluding hydrogens is 370 g/mol. The molecule has 1 aliphatic rings. The quantitative estimate of drug-likeness (QED) is 0.835. The zero-order valence-corrected chi connectivity index (χ0v) is 15.7. The molecule has 2 rings (SSSR count). The number of carboxylic acid groups (broad SMARTS) is 1. The predicted octanol–water partition coefficient (Wildman–Crippen LogP) is 3.28. The first-order valence-electron chi connectivity index (χ1n) is 7.36. The predicted molar refractivity (Wildman–Crippen MR) is 97.2 cm³/mol. The number of nitrogens with zero attached hydrogens (tertiary/aromatic N) is 1. The van der Waals surface area contributed by atoms with E-state index in [1.54, 1.807) is 31.2 Å². The van der Waals surface area contributed by atoms with Gasteiger partial charge >= 0.3 is 5.97 Å². The third kappa shape index (κ3) is 4.46. The summed E-state index contributed by atoms with van der Waals surface area (Å²) >= 11 is 8.40. The highest BCUT2D eigenvalue weighted by molar-refractivity contribution is 8.13. The lowest BCUT2D eigenvalue weighted by molar-refractivity contribution is -0.150. The van der Waals surface area contributed by atoms with E-state index in [-0.39, 0.29) is 16.4 Å². The van der Waals surface area contributed by atoms with E-state index < -0.39 is 17.9 Å². The van der Waals surface area contributed by atoms with Gasteiger partial charge in [0.25, 0.3) is 0 Å². The van der Waals surface area contributed by atoms with Crippen LogP contribution in [0.4, 0.5) is 0 Å². The summed E-state index contributed by atoms with van der Waals surface area (Å²) in [6.07, 6.45) is 0. The number of benzene rings is 1. The number of hydrogen-bond donors (Lipinski definition) is 1. The minimum atomic E-state index is -1.02. The van der Waals surface area contributed by atoms with Crippen LogP contribution in [-0.4, -0.2) is 44.5 Å². The van der Waals surface area contributed by atoms with Crippen molar-refractivity contribution in [3.63, 3.8) is 0 Å². The summed E-state index contributed by atoms with van der Waals surface area (Å²) in [6.45, 7) is 3.17. The van der Waals surface area contributed by atoms with E-state index >= 15 is 0 Å². The van der Waals surface area contributed by atoms with Crippen molar-refractivity contribution in [2.75, 3.05) is 11.5 Å². The monoisotopic (exact) mass is 387 g/mol. The highest BCUT2D eigenvalue weighted by Gasteiger charge is 2.43. The standard InChI is InChI=1S/C16H18ClNO4S2/c1-9(7-23-10(2)19)14(20)18-13(16(21)22)8-24-15(18)11-3-5-12(17)6-4-11/h3-6,9,13,15H,7-8H2,1-2H3,(H,21,22)/t9?,13-,15?/m0/s1. The SMILES string of the molecule is CC(=O)SCC(C)C(=O)N1C(c2ccc(Cl)cc2)SC[C@H]1C(=O)O. The number of carbonyl (C=O) groups excluding carboxylic acids is 2. The third-order valence-corrected chi connectivity index (χ3v) is 6.30. The Kier molecular flexibility index (Phi) is 6.60.